The number of hydrogen-bond donors (Lipinski definition) is 1. The first-order valence-electron chi connectivity index (χ1n) is 6.91. The van der Waals surface area contributed by atoms with Crippen molar-refractivity contribution in [1.82, 2.24) is 0 Å². The van der Waals surface area contributed by atoms with Gasteiger partial charge in [-0.25, -0.2) is 0 Å². The van der Waals surface area contributed by atoms with E-state index in [9.17, 15) is 9.90 Å². The first-order chi connectivity index (χ1) is 9.24. The molecule has 0 saturated carbocycles. The van der Waals surface area contributed by atoms with Crippen LogP contribution in [-0.2, 0) is 15.1 Å². The molecule has 1 N–H and O–H groups in total. The van der Waals surface area contributed by atoms with Gasteiger partial charge in [0.15, 0.2) is 0 Å². The second kappa shape index (κ2) is 5.09. The Kier molecular flexibility index (Phi) is 3.78. The first kappa shape index (κ1) is 14.9. The summed E-state index contributed by atoms with van der Waals surface area (Å²) in [7, 11) is 0. The molecule has 1 heterocycles. The molecular formula is C16H22O4. The van der Waals surface area contributed by atoms with E-state index in [4.69, 9.17) is 9.47 Å². The van der Waals surface area contributed by atoms with Gasteiger partial charge in [-0.05, 0) is 33.8 Å². The highest BCUT2D eigenvalue weighted by Gasteiger charge is 2.45. The van der Waals surface area contributed by atoms with Crippen molar-refractivity contribution < 1.29 is 19.4 Å². The zero-order valence-electron chi connectivity index (χ0n) is 12.5. The molecule has 0 bridgehead atoms. The molecule has 0 fully saturated rings. The summed E-state index contributed by atoms with van der Waals surface area (Å²) in [5, 5.41) is 11.0. The van der Waals surface area contributed by atoms with Crippen molar-refractivity contribution in [3.8, 4) is 5.75 Å². The summed E-state index contributed by atoms with van der Waals surface area (Å²) in [5.41, 5.74) is -1.14. The van der Waals surface area contributed by atoms with Crippen LogP contribution in [0.1, 0.15) is 39.7 Å². The fourth-order valence-corrected chi connectivity index (χ4v) is 2.44. The zero-order valence-corrected chi connectivity index (χ0v) is 12.5. The third-order valence-corrected chi connectivity index (χ3v) is 3.57. The van der Waals surface area contributed by atoms with Crippen LogP contribution in [0.3, 0.4) is 0 Å². The molecule has 0 spiro atoms. The monoisotopic (exact) mass is 278 g/mol. The van der Waals surface area contributed by atoms with Gasteiger partial charge < -0.3 is 14.6 Å². The summed E-state index contributed by atoms with van der Waals surface area (Å²) in [5.74, 6) is -0.403. The van der Waals surface area contributed by atoms with Gasteiger partial charge in [0.1, 0.15) is 17.0 Å². The van der Waals surface area contributed by atoms with Crippen molar-refractivity contribution in [2.45, 2.75) is 45.3 Å². The van der Waals surface area contributed by atoms with Crippen LogP contribution in [0.25, 0.3) is 0 Å². The Morgan fingerprint density at radius 2 is 2.05 bits per heavy atom. The molecular weight excluding hydrogens is 256 g/mol. The average molecular weight is 278 g/mol. The van der Waals surface area contributed by atoms with Gasteiger partial charge in [0.2, 0.25) is 0 Å². The van der Waals surface area contributed by atoms with Crippen molar-refractivity contribution in [3.63, 3.8) is 0 Å². The fourth-order valence-electron chi connectivity index (χ4n) is 2.44. The molecule has 4 nitrogen and oxygen atoms in total. The van der Waals surface area contributed by atoms with Gasteiger partial charge in [0.25, 0.3) is 0 Å². The molecule has 0 aromatic heterocycles. The van der Waals surface area contributed by atoms with Crippen molar-refractivity contribution in [3.05, 3.63) is 29.8 Å². The first-order valence-corrected chi connectivity index (χ1v) is 6.91. The number of esters is 1. The highest BCUT2D eigenvalue weighted by molar-refractivity contribution is 5.74. The molecule has 0 saturated heterocycles. The van der Waals surface area contributed by atoms with Crippen LogP contribution in [0.2, 0.25) is 0 Å². The Hall–Kier alpha value is -1.55. The second-order valence-electron chi connectivity index (χ2n) is 6.27. The summed E-state index contributed by atoms with van der Waals surface area (Å²) in [6, 6.07) is 7.29. The SMILES string of the molecule is CC(C(=O)OC(C)(C)C)C1(O)CCOc2ccccc21. The Bertz CT molecular complexity index is 503. The molecule has 4 heteroatoms. The molecule has 20 heavy (non-hydrogen) atoms. The molecule has 2 rings (SSSR count). The van der Waals surface area contributed by atoms with E-state index in [1.807, 2.05) is 32.9 Å². The highest BCUT2D eigenvalue weighted by Crippen LogP contribution is 2.42. The van der Waals surface area contributed by atoms with Gasteiger partial charge >= 0.3 is 5.97 Å². The number of benzene rings is 1. The third kappa shape index (κ3) is 2.80. The van der Waals surface area contributed by atoms with Gasteiger partial charge in [0.05, 0.1) is 12.5 Å². The number of para-hydroxylation sites is 1. The zero-order chi connectivity index (χ0) is 15.0. The van der Waals surface area contributed by atoms with Gasteiger partial charge in [-0.1, -0.05) is 18.2 Å². The Morgan fingerprint density at radius 1 is 1.40 bits per heavy atom. The van der Waals surface area contributed by atoms with Crippen LogP contribution in [0.4, 0.5) is 0 Å². The quantitative estimate of drug-likeness (QED) is 0.845. The number of aliphatic hydroxyl groups is 1. The van der Waals surface area contributed by atoms with E-state index in [0.717, 1.165) is 0 Å². The van der Waals surface area contributed by atoms with Gasteiger partial charge in [-0.15, -0.1) is 0 Å². The lowest BCUT2D eigenvalue weighted by Crippen LogP contribution is -2.44. The van der Waals surface area contributed by atoms with E-state index >= 15 is 0 Å². The second-order valence-corrected chi connectivity index (χ2v) is 6.27. The molecule has 1 aliphatic heterocycles. The molecule has 2 atom stereocenters. The van der Waals surface area contributed by atoms with Crippen LogP contribution in [0.15, 0.2) is 24.3 Å². The average Bonchev–Trinajstić information content (AvgIpc) is 2.36. The summed E-state index contributed by atoms with van der Waals surface area (Å²) >= 11 is 0. The lowest BCUT2D eigenvalue weighted by molar-refractivity contribution is -0.171. The third-order valence-electron chi connectivity index (χ3n) is 3.57. The standard InChI is InChI=1S/C16H22O4/c1-11(14(17)20-15(2,3)4)16(18)9-10-19-13-8-6-5-7-12(13)16/h5-8,11,18H,9-10H2,1-4H3. The Morgan fingerprint density at radius 3 is 2.70 bits per heavy atom. The normalized spacial score (nSPS) is 23.4. The predicted octanol–water partition coefficient (Wildman–Crippen LogP) is 2.63. The largest absolute Gasteiger partial charge is 0.493 e. The van der Waals surface area contributed by atoms with Gasteiger partial charge in [-0.2, -0.15) is 0 Å². The van der Waals surface area contributed by atoms with Crippen molar-refractivity contribution in [2.24, 2.45) is 5.92 Å². The minimum Gasteiger partial charge on any atom is -0.493 e. The van der Waals surface area contributed by atoms with E-state index in [2.05, 4.69) is 0 Å². The summed E-state index contributed by atoms with van der Waals surface area (Å²) in [4.78, 5) is 12.2. The fraction of sp³-hybridized carbons (Fsp3) is 0.562. The minimum atomic E-state index is -1.24. The Labute approximate surface area is 119 Å². The van der Waals surface area contributed by atoms with Crippen LogP contribution in [0, 0.1) is 5.92 Å². The molecule has 1 aromatic rings. The minimum absolute atomic E-state index is 0.379. The Balaban J connectivity index is 2.30. The van der Waals surface area contributed by atoms with Crippen LogP contribution >= 0.6 is 0 Å². The van der Waals surface area contributed by atoms with Crippen molar-refractivity contribution >= 4 is 5.97 Å². The smallest absolute Gasteiger partial charge is 0.312 e. The van der Waals surface area contributed by atoms with Gasteiger partial charge in [-0.3, -0.25) is 4.79 Å². The summed E-state index contributed by atoms with van der Waals surface area (Å²) < 4.78 is 10.9. The summed E-state index contributed by atoms with van der Waals surface area (Å²) in [6.45, 7) is 7.55. The molecule has 1 aromatic carbocycles. The summed E-state index contributed by atoms with van der Waals surface area (Å²) in [6.07, 6.45) is 0.379. The molecule has 110 valence electrons. The maximum atomic E-state index is 12.2. The highest BCUT2D eigenvalue weighted by atomic mass is 16.6. The number of rotatable bonds is 2. The van der Waals surface area contributed by atoms with Crippen LogP contribution < -0.4 is 4.74 Å². The maximum Gasteiger partial charge on any atom is 0.312 e. The number of carbonyl (C=O) groups is 1. The number of fused-ring (bicyclic) bond motifs is 1. The lowest BCUT2D eigenvalue weighted by Gasteiger charge is -2.38. The van der Waals surface area contributed by atoms with Gasteiger partial charge in [0, 0.05) is 12.0 Å². The molecule has 0 radical (unpaired) electrons. The number of ether oxygens (including phenoxy) is 2. The van der Waals surface area contributed by atoms with Crippen LogP contribution in [0.5, 0.6) is 5.75 Å². The topological polar surface area (TPSA) is 55.8 Å². The predicted molar refractivity (Wildman–Crippen MR) is 75.5 cm³/mol. The number of hydrogen-bond acceptors (Lipinski definition) is 4. The molecule has 1 aliphatic rings. The van der Waals surface area contributed by atoms with E-state index in [-0.39, 0.29) is 0 Å². The molecule has 2 unspecified atom stereocenters. The van der Waals surface area contributed by atoms with Crippen molar-refractivity contribution in [1.29, 1.82) is 0 Å². The number of carbonyl (C=O) groups excluding carboxylic acids is 1. The van der Waals surface area contributed by atoms with E-state index < -0.39 is 23.1 Å². The molecule has 0 aliphatic carbocycles. The van der Waals surface area contributed by atoms with E-state index in [1.54, 1.807) is 19.1 Å². The maximum absolute atomic E-state index is 12.2. The van der Waals surface area contributed by atoms with E-state index in [1.165, 1.54) is 0 Å². The molecule has 0 amide bonds. The van der Waals surface area contributed by atoms with E-state index in [0.29, 0.717) is 24.3 Å². The van der Waals surface area contributed by atoms with Crippen LogP contribution in [-0.4, -0.2) is 23.3 Å². The van der Waals surface area contributed by atoms with Crippen molar-refractivity contribution in [2.75, 3.05) is 6.61 Å². The lowest BCUT2D eigenvalue weighted by atomic mass is 9.78.